The molecule has 342 valence electrons. The molecule has 9 aromatic carbocycles. The Kier molecular flexibility index (Phi) is 10.7. The van der Waals surface area contributed by atoms with E-state index in [9.17, 15) is 26.3 Å². The van der Waals surface area contributed by atoms with Gasteiger partial charge in [-0.25, -0.2) is 0 Å². The smallest absolute Gasteiger partial charge is 0.104 e. The molecule has 0 fully saturated rings. The van der Waals surface area contributed by atoms with E-state index in [0.29, 0.717) is 39.2 Å². The van der Waals surface area contributed by atoms with Crippen molar-refractivity contribution in [3.8, 4) is 97.4 Å². The summed E-state index contributed by atoms with van der Waals surface area (Å²) in [6, 6.07) is 76.1. The highest BCUT2D eigenvalue weighted by Gasteiger charge is 2.24. The van der Waals surface area contributed by atoms with E-state index in [0.717, 1.165) is 111 Å². The number of pyridine rings is 1. The maximum atomic E-state index is 12.0. The number of benzene rings is 9. The summed E-state index contributed by atoms with van der Waals surface area (Å²) in [6.45, 7) is 3.99. The Morgan fingerprint density at radius 2 is 0.541 bits per heavy atom. The SMILES string of the molecule is Cc1cc(-c2cc(-n3c4cc(-c5ccc(C#N)cc5)ccc4c4ccc(-c5ccc(C#N)cc5)cc43)c(C#N)c(-n3c4cc(-c5ccc(C#N)cc5)ccc4c4ccc(-c5ccc(C#N)cc5)cc43)c2)cc(C)n1. The van der Waals surface area contributed by atoms with Gasteiger partial charge in [-0.1, -0.05) is 97.1 Å². The monoisotopic (exact) mass is 942 g/mol. The predicted molar refractivity (Wildman–Crippen MR) is 293 cm³/mol. The first-order valence-corrected chi connectivity index (χ1v) is 24.0. The second-order valence-electron chi connectivity index (χ2n) is 18.5. The van der Waals surface area contributed by atoms with Crippen LogP contribution in [0.25, 0.3) is 111 Å². The molecule has 3 aromatic heterocycles. The predicted octanol–water partition coefficient (Wildman–Crippen LogP) is 15.6. The highest BCUT2D eigenvalue weighted by Crippen LogP contribution is 2.43. The summed E-state index contributed by atoms with van der Waals surface area (Å²) in [7, 11) is 0. The number of rotatable bonds is 7. The van der Waals surface area contributed by atoms with Crippen LogP contribution in [0.1, 0.15) is 39.2 Å². The lowest BCUT2D eigenvalue weighted by Crippen LogP contribution is -2.06. The van der Waals surface area contributed by atoms with Crippen molar-refractivity contribution in [2.75, 3.05) is 0 Å². The number of hydrogen-bond acceptors (Lipinski definition) is 6. The summed E-state index contributed by atoms with van der Waals surface area (Å²) in [5.41, 5.74) is 18.7. The zero-order chi connectivity index (χ0) is 50.6. The Bertz CT molecular complexity index is 4010. The minimum atomic E-state index is 0.439. The minimum Gasteiger partial charge on any atom is -0.308 e. The van der Waals surface area contributed by atoms with E-state index in [-0.39, 0.29) is 0 Å². The van der Waals surface area contributed by atoms with Gasteiger partial charge in [0.15, 0.2) is 0 Å². The van der Waals surface area contributed by atoms with E-state index in [4.69, 9.17) is 4.98 Å². The van der Waals surface area contributed by atoms with Crippen molar-refractivity contribution in [2.45, 2.75) is 13.8 Å². The first-order valence-electron chi connectivity index (χ1n) is 24.0. The topological polar surface area (TPSA) is 142 Å². The van der Waals surface area contributed by atoms with Crippen LogP contribution in [0.4, 0.5) is 0 Å². The van der Waals surface area contributed by atoms with Crippen molar-refractivity contribution >= 4 is 43.6 Å². The normalized spacial score (nSPS) is 11.0. The number of fused-ring (bicyclic) bond motifs is 6. The van der Waals surface area contributed by atoms with Gasteiger partial charge in [0.2, 0.25) is 0 Å². The number of aromatic nitrogens is 3. The fourth-order valence-corrected chi connectivity index (χ4v) is 10.5. The molecule has 74 heavy (non-hydrogen) atoms. The van der Waals surface area contributed by atoms with Crippen molar-refractivity contribution in [3.05, 3.63) is 233 Å². The van der Waals surface area contributed by atoms with Crippen LogP contribution in [-0.4, -0.2) is 14.1 Å². The third kappa shape index (κ3) is 7.56. The molecular formula is C66H38N8. The number of nitriles is 5. The highest BCUT2D eigenvalue weighted by molar-refractivity contribution is 6.13. The second-order valence-corrected chi connectivity index (χ2v) is 18.5. The molecule has 0 saturated heterocycles. The largest absolute Gasteiger partial charge is 0.308 e. The molecule has 0 spiro atoms. The highest BCUT2D eigenvalue weighted by atomic mass is 15.0. The molecule has 0 radical (unpaired) electrons. The van der Waals surface area contributed by atoms with Crippen LogP contribution in [0.15, 0.2) is 194 Å². The molecule has 0 aliphatic heterocycles. The average Bonchev–Trinajstić information content (AvgIpc) is 3.96. The lowest BCUT2D eigenvalue weighted by molar-refractivity contribution is 1.11. The Balaban J connectivity index is 1.22. The molecule has 8 nitrogen and oxygen atoms in total. The molecule has 0 N–H and O–H groups in total. The van der Waals surface area contributed by atoms with E-state index in [1.54, 1.807) is 0 Å². The molecule has 0 aliphatic rings. The molecule has 12 rings (SSSR count). The zero-order valence-corrected chi connectivity index (χ0v) is 40.1. The molecule has 8 heteroatoms. The van der Waals surface area contributed by atoms with Crippen molar-refractivity contribution in [3.63, 3.8) is 0 Å². The van der Waals surface area contributed by atoms with Crippen LogP contribution in [0.5, 0.6) is 0 Å². The zero-order valence-electron chi connectivity index (χ0n) is 40.1. The van der Waals surface area contributed by atoms with Gasteiger partial charge < -0.3 is 9.13 Å². The molecule has 0 amide bonds. The van der Waals surface area contributed by atoms with E-state index >= 15 is 0 Å². The lowest BCUT2D eigenvalue weighted by atomic mass is 9.99. The van der Waals surface area contributed by atoms with Crippen LogP contribution < -0.4 is 0 Å². The van der Waals surface area contributed by atoms with Gasteiger partial charge in [0, 0.05) is 32.9 Å². The van der Waals surface area contributed by atoms with E-state index < -0.39 is 0 Å². The van der Waals surface area contributed by atoms with Gasteiger partial charge >= 0.3 is 0 Å². The number of aryl methyl sites for hydroxylation is 2. The molecule has 12 aromatic rings. The third-order valence-corrected chi connectivity index (χ3v) is 14.0. The summed E-state index contributed by atoms with van der Waals surface area (Å²) in [4.78, 5) is 4.77. The molecule has 0 bridgehead atoms. The summed E-state index contributed by atoms with van der Waals surface area (Å²) in [6.07, 6.45) is 0. The summed E-state index contributed by atoms with van der Waals surface area (Å²) in [5, 5.41) is 54.6. The molecule has 0 atom stereocenters. The van der Waals surface area contributed by atoms with Gasteiger partial charge in [-0.15, -0.1) is 0 Å². The van der Waals surface area contributed by atoms with E-state index in [1.165, 1.54) is 0 Å². The van der Waals surface area contributed by atoms with Gasteiger partial charge in [-0.2, -0.15) is 26.3 Å². The van der Waals surface area contributed by atoms with Crippen LogP contribution >= 0.6 is 0 Å². The Hall–Kier alpha value is -10.8. The van der Waals surface area contributed by atoms with Crippen molar-refractivity contribution in [1.29, 1.82) is 26.3 Å². The molecule has 0 unspecified atom stereocenters. The standard InChI is InChI=1S/C66H38N8/c1-40-27-54(28-41(2)72-40)55-33-65(73-61-29-50(46-11-3-42(35-67)4-12-46)19-23-56(61)57-24-20-51(30-62(57)73)47-13-5-43(36-68)6-14-47)60(39-71)66(34-55)74-63-31-52(48-15-7-44(37-69)8-16-48)21-25-58(63)59-26-22-53(32-64(59)74)49-17-9-45(38-70)10-18-49/h3-34H,1-2H3. The third-order valence-electron chi connectivity index (χ3n) is 14.0. The van der Waals surface area contributed by atoms with Crippen LogP contribution in [0, 0.1) is 70.5 Å². The van der Waals surface area contributed by atoms with Gasteiger partial charge in [0.25, 0.3) is 0 Å². The van der Waals surface area contributed by atoms with Gasteiger partial charge in [0.05, 0.1) is 80.0 Å². The average molecular weight is 943 g/mol. The van der Waals surface area contributed by atoms with Crippen LogP contribution in [0.3, 0.4) is 0 Å². The fraction of sp³-hybridized carbons (Fsp3) is 0.0303. The number of hydrogen-bond donors (Lipinski definition) is 0. The lowest BCUT2D eigenvalue weighted by Gasteiger charge is -2.19. The molecule has 0 saturated carbocycles. The Labute approximate surface area is 426 Å². The number of nitrogens with zero attached hydrogens (tertiary/aromatic N) is 8. The molecular weight excluding hydrogens is 905 g/mol. The second kappa shape index (κ2) is 17.9. The van der Waals surface area contributed by atoms with Gasteiger partial charge in [0.1, 0.15) is 11.6 Å². The van der Waals surface area contributed by atoms with E-state index in [1.807, 2.05) is 111 Å². The summed E-state index contributed by atoms with van der Waals surface area (Å²) in [5.74, 6) is 0. The Morgan fingerprint density at radius 3 is 0.797 bits per heavy atom. The summed E-state index contributed by atoms with van der Waals surface area (Å²) >= 11 is 0. The molecule has 0 aliphatic carbocycles. The Morgan fingerprint density at radius 1 is 0.284 bits per heavy atom. The first kappa shape index (κ1) is 44.4. The van der Waals surface area contributed by atoms with Crippen molar-refractivity contribution < 1.29 is 0 Å². The molecule has 3 heterocycles. The quantitative estimate of drug-likeness (QED) is 0.156. The first-order chi connectivity index (χ1) is 36.2. The fourth-order valence-electron chi connectivity index (χ4n) is 10.5. The van der Waals surface area contributed by atoms with Gasteiger partial charge in [-0.05, 0) is 167 Å². The maximum absolute atomic E-state index is 12.0. The van der Waals surface area contributed by atoms with Gasteiger partial charge in [-0.3, -0.25) is 4.98 Å². The minimum absolute atomic E-state index is 0.439. The van der Waals surface area contributed by atoms with Crippen LogP contribution in [0.2, 0.25) is 0 Å². The van der Waals surface area contributed by atoms with Crippen molar-refractivity contribution in [1.82, 2.24) is 14.1 Å². The van der Waals surface area contributed by atoms with Crippen LogP contribution in [-0.2, 0) is 0 Å². The maximum Gasteiger partial charge on any atom is 0.104 e. The van der Waals surface area contributed by atoms with E-state index in [2.05, 4.69) is 137 Å². The summed E-state index contributed by atoms with van der Waals surface area (Å²) < 4.78 is 4.44. The van der Waals surface area contributed by atoms with Crippen molar-refractivity contribution in [2.24, 2.45) is 0 Å².